The van der Waals surface area contributed by atoms with E-state index in [1.165, 1.54) is 18.2 Å². The second-order valence-electron chi connectivity index (χ2n) is 5.30. The van der Waals surface area contributed by atoms with Gasteiger partial charge in [0.15, 0.2) is 0 Å². The van der Waals surface area contributed by atoms with Crippen molar-refractivity contribution in [2.75, 3.05) is 0 Å². The van der Waals surface area contributed by atoms with Crippen molar-refractivity contribution >= 4 is 11.6 Å². The first kappa shape index (κ1) is 32.5. The van der Waals surface area contributed by atoms with E-state index < -0.39 is 0 Å². The van der Waals surface area contributed by atoms with Gasteiger partial charge in [0.1, 0.15) is 11.6 Å². The molecule has 3 aromatic rings. The summed E-state index contributed by atoms with van der Waals surface area (Å²) in [5.74, 6) is -0.294. The standard InChI is InChI=1S/C7H7Cl.2C7H7F.3C2H6/c1-6-4-2-3-5-7(6)8;1-6-3-2-4-7(8)5-6;1-6-4-2-3-5-7(6)8;3*1-2/h3*2-5H,1H3;3*1-2H3. The lowest BCUT2D eigenvalue weighted by Gasteiger charge is -1.90. The maximum atomic E-state index is 12.3. The molecular formula is C27H39ClF2. The van der Waals surface area contributed by atoms with Gasteiger partial charge in [0.05, 0.1) is 0 Å². The van der Waals surface area contributed by atoms with Gasteiger partial charge in [-0.2, -0.15) is 0 Å². The second kappa shape index (κ2) is 23.1. The van der Waals surface area contributed by atoms with E-state index in [-0.39, 0.29) is 11.6 Å². The van der Waals surface area contributed by atoms with Crippen molar-refractivity contribution in [1.29, 1.82) is 0 Å². The Balaban J connectivity index is -0.000000323. The zero-order chi connectivity index (χ0) is 23.9. The Kier molecular flexibility index (Phi) is 25.0. The summed E-state index contributed by atoms with van der Waals surface area (Å²) in [6.45, 7) is 17.6. The van der Waals surface area contributed by atoms with Crippen LogP contribution in [0.25, 0.3) is 0 Å². The van der Waals surface area contributed by atoms with Crippen molar-refractivity contribution in [3.05, 3.63) is 106 Å². The molecule has 0 nitrogen and oxygen atoms in total. The van der Waals surface area contributed by atoms with Gasteiger partial charge in [0.2, 0.25) is 0 Å². The van der Waals surface area contributed by atoms with E-state index in [1.54, 1.807) is 25.1 Å². The van der Waals surface area contributed by atoms with Crippen molar-refractivity contribution in [3.8, 4) is 0 Å². The highest BCUT2D eigenvalue weighted by atomic mass is 35.5. The van der Waals surface area contributed by atoms with Crippen molar-refractivity contribution < 1.29 is 8.78 Å². The fraction of sp³-hybridized carbons (Fsp3) is 0.333. The smallest absolute Gasteiger partial charge is 0.126 e. The van der Waals surface area contributed by atoms with Gasteiger partial charge in [-0.15, -0.1) is 0 Å². The Morgan fingerprint density at radius 2 is 1.03 bits per heavy atom. The minimum Gasteiger partial charge on any atom is -0.207 e. The minimum atomic E-state index is -0.162. The van der Waals surface area contributed by atoms with Crippen LogP contribution < -0.4 is 0 Å². The molecule has 3 rings (SSSR count). The summed E-state index contributed by atoms with van der Waals surface area (Å²) in [6, 6.07) is 21.0. The Morgan fingerprint density at radius 1 is 0.567 bits per heavy atom. The maximum Gasteiger partial charge on any atom is 0.126 e. The predicted molar refractivity (Wildman–Crippen MR) is 133 cm³/mol. The molecule has 0 aromatic heterocycles. The van der Waals surface area contributed by atoms with Gasteiger partial charge >= 0.3 is 0 Å². The maximum absolute atomic E-state index is 12.3. The molecule has 0 heterocycles. The topological polar surface area (TPSA) is 0 Å². The summed E-state index contributed by atoms with van der Waals surface area (Å²) in [4.78, 5) is 0. The molecule has 3 aromatic carbocycles. The van der Waals surface area contributed by atoms with Crippen LogP contribution in [0.5, 0.6) is 0 Å². The van der Waals surface area contributed by atoms with Crippen molar-refractivity contribution in [3.63, 3.8) is 0 Å². The summed E-state index contributed by atoms with van der Waals surface area (Å²) >= 11 is 5.71. The summed E-state index contributed by atoms with van der Waals surface area (Å²) in [7, 11) is 0. The molecule has 0 aliphatic heterocycles. The highest BCUT2D eigenvalue weighted by Crippen LogP contribution is 2.11. The van der Waals surface area contributed by atoms with Crippen LogP contribution in [0.3, 0.4) is 0 Å². The van der Waals surface area contributed by atoms with E-state index in [0.717, 1.165) is 16.1 Å². The summed E-state index contributed by atoms with van der Waals surface area (Å²) in [6.07, 6.45) is 0. The van der Waals surface area contributed by atoms with Crippen LogP contribution in [0, 0.1) is 32.4 Å². The van der Waals surface area contributed by atoms with Gasteiger partial charge in [-0.3, -0.25) is 0 Å². The van der Waals surface area contributed by atoms with Gasteiger partial charge in [-0.25, -0.2) is 8.78 Å². The largest absolute Gasteiger partial charge is 0.207 e. The van der Waals surface area contributed by atoms with Crippen LogP contribution >= 0.6 is 11.6 Å². The SMILES string of the molecule is CC.CC.CC.Cc1cccc(F)c1.Cc1ccccc1Cl.Cc1ccccc1F. The fourth-order valence-corrected chi connectivity index (χ4v) is 1.84. The molecule has 0 radical (unpaired) electrons. The summed E-state index contributed by atoms with van der Waals surface area (Å²) < 4.78 is 24.5. The number of hydrogen-bond acceptors (Lipinski definition) is 0. The molecule has 30 heavy (non-hydrogen) atoms. The van der Waals surface area contributed by atoms with Crippen LogP contribution in [0.2, 0.25) is 5.02 Å². The Morgan fingerprint density at radius 3 is 1.30 bits per heavy atom. The monoisotopic (exact) mass is 436 g/mol. The van der Waals surface area contributed by atoms with Crippen molar-refractivity contribution in [2.24, 2.45) is 0 Å². The van der Waals surface area contributed by atoms with Crippen LogP contribution in [0.1, 0.15) is 58.2 Å². The molecule has 0 fully saturated rings. The van der Waals surface area contributed by atoms with E-state index in [9.17, 15) is 8.78 Å². The second-order valence-corrected chi connectivity index (χ2v) is 5.70. The molecule has 0 aliphatic rings. The molecule has 0 N–H and O–H groups in total. The van der Waals surface area contributed by atoms with Gasteiger partial charge < -0.3 is 0 Å². The molecule has 0 amide bonds. The van der Waals surface area contributed by atoms with Gasteiger partial charge in [0, 0.05) is 5.02 Å². The average Bonchev–Trinajstić information content (AvgIpc) is 2.77. The van der Waals surface area contributed by atoms with Crippen LogP contribution in [0.4, 0.5) is 8.78 Å². The van der Waals surface area contributed by atoms with Crippen molar-refractivity contribution in [1.82, 2.24) is 0 Å². The van der Waals surface area contributed by atoms with Crippen LogP contribution in [0.15, 0.2) is 72.8 Å². The predicted octanol–water partition coefficient (Wildman–Crippen LogP) is 10.00. The zero-order valence-electron chi connectivity index (χ0n) is 20.1. The molecule has 168 valence electrons. The molecule has 0 aliphatic carbocycles. The fourth-order valence-electron chi connectivity index (χ4n) is 1.71. The first-order valence-corrected chi connectivity index (χ1v) is 10.9. The molecule has 0 unspecified atom stereocenters. The van der Waals surface area contributed by atoms with Crippen LogP contribution in [-0.4, -0.2) is 0 Å². The number of aryl methyl sites for hydroxylation is 3. The van der Waals surface area contributed by atoms with Crippen LogP contribution in [-0.2, 0) is 0 Å². The molecule has 0 spiro atoms. The molecule has 0 atom stereocenters. The van der Waals surface area contributed by atoms with Gasteiger partial charge in [0.25, 0.3) is 0 Å². The number of hydrogen-bond donors (Lipinski definition) is 0. The van der Waals surface area contributed by atoms with E-state index in [1.807, 2.05) is 91.8 Å². The van der Waals surface area contributed by atoms with Gasteiger partial charge in [-0.05, 0) is 61.7 Å². The lowest BCUT2D eigenvalue weighted by atomic mass is 10.2. The van der Waals surface area contributed by atoms with E-state index in [0.29, 0.717) is 5.56 Å². The highest BCUT2D eigenvalue weighted by Gasteiger charge is 1.89. The Hall–Kier alpha value is -2.19. The number of halogens is 3. The lowest BCUT2D eigenvalue weighted by molar-refractivity contribution is 0.618. The third kappa shape index (κ3) is 17.9. The van der Waals surface area contributed by atoms with Gasteiger partial charge in [-0.1, -0.05) is 102 Å². The quantitative estimate of drug-likeness (QED) is 0.328. The third-order valence-electron chi connectivity index (χ3n) is 3.13. The summed E-state index contributed by atoms with van der Waals surface area (Å²) in [5.41, 5.74) is 2.80. The van der Waals surface area contributed by atoms with E-state index in [2.05, 4.69) is 0 Å². The molecular weight excluding hydrogens is 398 g/mol. The van der Waals surface area contributed by atoms with E-state index >= 15 is 0 Å². The van der Waals surface area contributed by atoms with E-state index in [4.69, 9.17) is 11.6 Å². The molecule has 0 saturated carbocycles. The number of rotatable bonds is 0. The lowest BCUT2D eigenvalue weighted by Crippen LogP contribution is -1.76. The summed E-state index contributed by atoms with van der Waals surface area (Å²) in [5, 5.41) is 0.840. The molecule has 0 saturated heterocycles. The normalized spacial score (nSPS) is 8.00. The number of benzene rings is 3. The molecule has 0 bridgehead atoms. The molecule has 3 heteroatoms. The first-order chi connectivity index (χ1) is 14.4. The van der Waals surface area contributed by atoms with Crippen molar-refractivity contribution in [2.45, 2.75) is 62.3 Å². The zero-order valence-corrected chi connectivity index (χ0v) is 20.8. The Bertz CT molecular complexity index is 652. The first-order valence-electron chi connectivity index (χ1n) is 10.5. The highest BCUT2D eigenvalue weighted by molar-refractivity contribution is 6.31. The minimum absolute atomic E-state index is 0.132. The third-order valence-corrected chi connectivity index (χ3v) is 3.56. The average molecular weight is 437 g/mol. The Labute approximate surface area is 188 Å².